The van der Waals surface area contributed by atoms with E-state index in [1.54, 1.807) is 12.5 Å². The van der Waals surface area contributed by atoms with Crippen molar-refractivity contribution in [1.29, 1.82) is 0 Å². The summed E-state index contributed by atoms with van der Waals surface area (Å²) in [7, 11) is 1.97. The number of aromatic nitrogens is 5. The van der Waals surface area contributed by atoms with Crippen LogP contribution in [-0.4, -0.2) is 61.8 Å². The molecule has 9 nitrogen and oxygen atoms in total. The zero-order valence-corrected chi connectivity index (χ0v) is 16.7. The highest BCUT2D eigenvalue weighted by atomic mass is 79.9. The van der Waals surface area contributed by atoms with Gasteiger partial charge in [0.25, 0.3) is 5.97 Å². The molecule has 0 amide bonds. The number of rotatable bonds is 2. The van der Waals surface area contributed by atoms with Gasteiger partial charge >= 0.3 is 0 Å². The van der Waals surface area contributed by atoms with Gasteiger partial charge in [-0.25, -0.2) is 9.97 Å². The van der Waals surface area contributed by atoms with Crippen molar-refractivity contribution in [3.8, 4) is 0 Å². The summed E-state index contributed by atoms with van der Waals surface area (Å²) in [5.74, 6) is 0.0105. The summed E-state index contributed by atoms with van der Waals surface area (Å²) in [6.45, 7) is 6.93. The normalized spacial score (nSPS) is 13.5. The molecule has 0 saturated carbocycles. The van der Waals surface area contributed by atoms with Crippen molar-refractivity contribution in [3.63, 3.8) is 0 Å². The Bertz CT molecular complexity index is 889. The molecule has 2 N–H and O–H groups in total. The Morgan fingerprint density at radius 3 is 2.65 bits per heavy atom. The first-order chi connectivity index (χ1) is 12.5. The molecular weight excluding hydrogens is 402 g/mol. The van der Waals surface area contributed by atoms with Gasteiger partial charge in [0.1, 0.15) is 6.33 Å². The molecule has 26 heavy (non-hydrogen) atoms. The zero-order valence-electron chi connectivity index (χ0n) is 15.1. The summed E-state index contributed by atoms with van der Waals surface area (Å²) < 4.78 is 2.84. The van der Waals surface area contributed by atoms with Crippen molar-refractivity contribution in [1.82, 2.24) is 29.9 Å². The van der Waals surface area contributed by atoms with Crippen molar-refractivity contribution in [2.75, 3.05) is 25.0 Å². The summed E-state index contributed by atoms with van der Waals surface area (Å²) in [5, 5.41) is 18.9. The molecule has 0 radical (unpaired) electrons. The SMILES string of the molecule is CC.CC(=O)O.CNC1CN(c2nc3ncc(Br)cc3n3cnnc23)C1. The van der Waals surface area contributed by atoms with E-state index < -0.39 is 5.97 Å². The molecule has 1 aliphatic heterocycles. The van der Waals surface area contributed by atoms with E-state index in [0.29, 0.717) is 11.7 Å². The zero-order chi connectivity index (χ0) is 19.3. The minimum Gasteiger partial charge on any atom is -0.481 e. The van der Waals surface area contributed by atoms with E-state index >= 15 is 0 Å². The third-order valence-corrected chi connectivity index (χ3v) is 4.06. The number of aliphatic carboxylic acids is 1. The van der Waals surface area contributed by atoms with Crippen LogP contribution < -0.4 is 10.2 Å². The van der Waals surface area contributed by atoms with Gasteiger partial charge in [0.15, 0.2) is 11.5 Å². The third kappa shape index (κ3) is 4.25. The van der Waals surface area contributed by atoms with E-state index in [1.807, 2.05) is 31.4 Å². The second-order valence-electron chi connectivity index (χ2n) is 5.37. The van der Waals surface area contributed by atoms with Crippen LogP contribution in [0.5, 0.6) is 0 Å². The molecule has 140 valence electrons. The predicted octanol–water partition coefficient (Wildman–Crippen LogP) is 1.96. The summed E-state index contributed by atoms with van der Waals surface area (Å²) in [6.07, 6.45) is 3.45. The molecule has 3 aromatic heterocycles. The lowest BCUT2D eigenvalue weighted by atomic mass is 10.1. The van der Waals surface area contributed by atoms with Crippen LogP contribution >= 0.6 is 15.9 Å². The number of nitrogens with zero attached hydrogens (tertiary/aromatic N) is 6. The van der Waals surface area contributed by atoms with Crippen molar-refractivity contribution in [2.45, 2.75) is 26.8 Å². The van der Waals surface area contributed by atoms with Crippen molar-refractivity contribution < 1.29 is 9.90 Å². The highest BCUT2D eigenvalue weighted by molar-refractivity contribution is 9.10. The molecule has 1 aliphatic rings. The molecule has 0 aliphatic carbocycles. The molecule has 0 spiro atoms. The van der Waals surface area contributed by atoms with Crippen LogP contribution in [0.3, 0.4) is 0 Å². The van der Waals surface area contributed by atoms with Crippen molar-refractivity contribution in [3.05, 3.63) is 23.1 Å². The van der Waals surface area contributed by atoms with Crippen molar-refractivity contribution >= 4 is 44.5 Å². The van der Waals surface area contributed by atoms with Gasteiger partial charge in [-0.15, -0.1) is 10.2 Å². The quantitative estimate of drug-likeness (QED) is 0.643. The Kier molecular flexibility index (Phi) is 6.81. The smallest absolute Gasteiger partial charge is 0.300 e. The summed E-state index contributed by atoms with van der Waals surface area (Å²) in [4.78, 5) is 20.2. The highest BCUT2D eigenvalue weighted by Crippen LogP contribution is 2.26. The summed E-state index contributed by atoms with van der Waals surface area (Å²) in [6, 6.07) is 2.48. The number of carboxylic acid groups (broad SMARTS) is 1. The fourth-order valence-electron chi connectivity index (χ4n) is 2.45. The Balaban J connectivity index is 0.000000361. The maximum Gasteiger partial charge on any atom is 0.300 e. The Morgan fingerprint density at radius 2 is 2.04 bits per heavy atom. The number of hydrogen-bond donors (Lipinski definition) is 2. The third-order valence-electron chi connectivity index (χ3n) is 3.62. The summed E-state index contributed by atoms with van der Waals surface area (Å²) in [5.41, 5.74) is 2.36. The molecular formula is C16H22BrN7O2. The fraction of sp³-hybridized carbons (Fsp3) is 0.438. The first-order valence-corrected chi connectivity index (χ1v) is 9.05. The summed E-state index contributed by atoms with van der Waals surface area (Å²) >= 11 is 3.43. The Labute approximate surface area is 159 Å². The van der Waals surface area contributed by atoms with Gasteiger partial charge < -0.3 is 15.3 Å². The number of pyridine rings is 1. The van der Waals surface area contributed by atoms with Crippen LogP contribution in [0.15, 0.2) is 23.1 Å². The monoisotopic (exact) mass is 423 g/mol. The van der Waals surface area contributed by atoms with Gasteiger partial charge in [0.05, 0.1) is 5.52 Å². The number of fused-ring (bicyclic) bond motifs is 3. The molecule has 10 heteroatoms. The van der Waals surface area contributed by atoms with Gasteiger partial charge in [-0.1, -0.05) is 13.8 Å². The van der Waals surface area contributed by atoms with Gasteiger partial charge in [-0.2, -0.15) is 0 Å². The lowest BCUT2D eigenvalue weighted by Gasteiger charge is -2.39. The first-order valence-electron chi connectivity index (χ1n) is 8.26. The molecule has 0 unspecified atom stereocenters. The standard InChI is InChI=1S/C12H12BrN7.C2H4O2.C2H6/c1-14-8-4-19(5-8)11-12-18-16-6-20(12)9-2-7(13)3-15-10(9)17-11;1-2(3)4;1-2/h2-3,6,8,14H,4-5H2,1H3;1H3,(H,3,4);1-2H3. The number of carbonyl (C=O) groups is 1. The van der Waals surface area contributed by atoms with E-state index in [9.17, 15) is 0 Å². The van der Waals surface area contributed by atoms with E-state index in [0.717, 1.165) is 41.5 Å². The Morgan fingerprint density at radius 1 is 1.38 bits per heavy atom. The topological polar surface area (TPSA) is 109 Å². The van der Waals surface area contributed by atoms with E-state index in [-0.39, 0.29) is 0 Å². The number of nitrogens with one attached hydrogen (secondary N) is 1. The van der Waals surface area contributed by atoms with Crippen LogP contribution in [0.4, 0.5) is 5.82 Å². The molecule has 0 aromatic carbocycles. The van der Waals surface area contributed by atoms with Gasteiger partial charge in [0.2, 0.25) is 5.65 Å². The minimum atomic E-state index is -0.833. The first kappa shape index (κ1) is 20.0. The second-order valence-corrected chi connectivity index (χ2v) is 6.28. The van der Waals surface area contributed by atoms with E-state index in [1.165, 1.54) is 0 Å². The number of carboxylic acids is 1. The lowest BCUT2D eigenvalue weighted by molar-refractivity contribution is -0.134. The molecule has 0 bridgehead atoms. The average molecular weight is 424 g/mol. The predicted molar refractivity (Wildman–Crippen MR) is 104 cm³/mol. The van der Waals surface area contributed by atoms with Crippen molar-refractivity contribution in [2.24, 2.45) is 0 Å². The largest absolute Gasteiger partial charge is 0.481 e. The molecule has 4 rings (SSSR count). The lowest BCUT2D eigenvalue weighted by Crippen LogP contribution is -2.57. The van der Waals surface area contributed by atoms with Gasteiger partial charge in [-0.05, 0) is 29.0 Å². The fourth-order valence-corrected chi connectivity index (χ4v) is 2.76. The number of likely N-dealkylation sites (N-methyl/N-ethyl adjacent to an activating group) is 1. The molecule has 1 saturated heterocycles. The van der Waals surface area contributed by atoms with Crippen LogP contribution in [0.1, 0.15) is 20.8 Å². The molecule has 0 atom stereocenters. The average Bonchev–Trinajstić information content (AvgIpc) is 3.06. The maximum absolute atomic E-state index is 9.00. The molecule has 4 heterocycles. The minimum absolute atomic E-state index is 0.508. The number of anilines is 1. The van der Waals surface area contributed by atoms with Gasteiger partial charge in [-0.3, -0.25) is 9.20 Å². The maximum atomic E-state index is 9.00. The number of halogens is 1. The van der Waals surface area contributed by atoms with Crippen LogP contribution in [0.2, 0.25) is 0 Å². The second kappa shape index (κ2) is 8.86. The van der Waals surface area contributed by atoms with E-state index in [4.69, 9.17) is 9.90 Å². The van der Waals surface area contributed by atoms with Crippen LogP contribution in [0.25, 0.3) is 16.8 Å². The van der Waals surface area contributed by atoms with E-state index in [2.05, 4.69) is 46.3 Å². The molecule has 3 aromatic rings. The van der Waals surface area contributed by atoms with Crippen LogP contribution in [-0.2, 0) is 4.79 Å². The Hall–Kier alpha value is -2.33. The van der Waals surface area contributed by atoms with Crippen LogP contribution in [0, 0.1) is 0 Å². The molecule has 1 fully saturated rings. The number of hydrogen-bond acceptors (Lipinski definition) is 7. The van der Waals surface area contributed by atoms with Gasteiger partial charge in [0, 0.05) is 36.7 Å². The highest BCUT2D eigenvalue weighted by Gasteiger charge is 2.29.